The van der Waals surface area contributed by atoms with Crippen LogP contribution in [-0.2, 0) is 19.3 Å². The van der Waals surface area contributed by atoms with Crippen LogP contribution in [-0.4, -0.2) is 0 Å². The van der Waals surface area contributed by atoms with Gasteiger partial charge in [-0.15, -0.1) is 0 Å². The van der Waals surface area contributed by atoms with Crippen LogP contribution in [0.5, 0.6) is 0 Å². The Morgan fingerprint density at radius 2 is 1.63 bits per heavy atom. The zero-order chi connectivity index (χ0) is 21.1. The minimum atomic E-state index is -0.957. The van der Waals surface area contributed by atoms with E-state index in [1.807, 2.05) is 0 Å². The first-order chi connectivity index (χ1) is 14.5. The van der Waals surface area contributed by atoms with Gasteiger partial charge in [-0.2, -0.15) is 0 Å². The summed E-state index contributed by atoms with van der Waals surface area (Å²) >= 11 is 0. The summed E-state index contributed by atoms with van der Waals surface area (Å²) < 4.78 is 41.0. The molecular formula is C27H23F3. The van der Waals surface area contributed by atoms with Crippen LogP contribution in [0.25, 0.3) is 0 Å². The summed E-state index contributed by atoms with van der Waals surface area (Å²) in [6, 6.07) is 15.6. The van der Waals surface area contributed by atoms with E-state index in [0.717, 1.165) is 55.4 Å². The van der Waals surface area contributed by atoms with Crippen molar-refractivity contribution in [3.8, 4) is 11.8 Å². The zero-order valence-electron chi connectivity index (χ0n) is 16.9. The van der Waals surface area contributed by atoms with E-state index in [1.54, 1.807) is 12.1 Å². The summed E-state index contributed by atoms with van der Waals surface area (Å²) in [6.07, 6.45) is 4.93. The van der Waals surface area contributed by atoms with Gasteiger partial charge in [-0.05, 0) is 84.2 Å². The van der Waals surface area contributed by atoms with E-state index < -0.39 is 11.6 Å². The zero-order valence-corrected chi connectivity index (χ0v) is 16.9. The second kappa shape index (κ2) is 8.79. The lowest BCUT2D eigenvalue weighted by Gasteiger charge is -2.25. The van der Waals surface area contributed by atoms with Gasteiger partial charge < -0.3 is 0 Å². The van der Waals surface area contributed by atoms with E-state index >= 15 is 0 Å². The number of aryl methyl sites for hydroxylation is 2. The van der Waals surface area contributed by atoms with Crippen molar-refractivity contribution in [2.24, 2.45) is 0 Å². The molecule has 1 unspecified atom stereocenters. The number of hydrogen-bond acceptors (Lipinski definition) is 0. The van der Waals surface area contributed by atoms with Gasteiger partial charge in [0.1, 0.15) is 5.82 Å². The smallest absolute Gasteiger partial charge is 0.160 e. The highest BCUT2D eigenvalue weighted by Gasteiger charge is 2.21. The third-order valence-corrected chi connectivity index (χ3v) is 5.77. The summed E-state index contributed by atoms with van der Waals surface area (Å²) in [7, 11) is 0. The molecule has 0 saturated heterocycles. The maximum atomic E-state index is 14.7. The van der Waals surface area contributed by atoms with Gasteiger partial charge in [-0.25, -0.2) is 13.2 Å². The van der Waals surface area contributed by atoms with Gasteiger partial charge in [0.25, 0.3) is 0 Å². The van der Waals surface area contributed by atoms with Crippen LogP contribution in [0.3, 0.4) is 0 Å². The first-order valence-electron chi connectivity index (χ1n) is 10.4. The maximum absolute atomic E-state index is 14.7. The highest BCUT2D eigenvalue weighted by Crippen LogP contribution is 2.34. The molecule has 0 aromatic heterocycles. The molecule has 0 saturated carbocycles. The van der Waals surface area contributed by atoms with Gasteiger partial charge in [0.05, 0.1) is 5.56 Å². The standard InChI is InChI=1S/C27H23F3/c1-2-3-18-4-8-20(9-5-18)21-11-12-22-15-23(26(29)17-24(22)16-21)10-6-19-7-13-25(28)27(30)14-19/h4-5,7-9,13-15,17,21H,2-3,11-12,16H2,1H3. The van der Waals surface area contributed by atoms with Crippen molar-refractivity contribution in [3.63, 3.8) is 0 Å². The van der Waals surface area contributed by atoms with Gasteiger partial charge in [0.15, 0.2) is 11.6 Å². The molecule has 0 bridgehead atoms. The van der Waals surface area contributed by atoms with Crippen LogP contribution in [0.1, 0.15) is 59.1 Å². The minimum absolute atomic E-state index is 0.292. The van der Waals surface area contributed by atoms with Crippen molar-refractivity contribution < 1.29 is 13.2 Å². The van der Waals surface area contributed by atoms with Crippen LogP contribution in [0.4, 0.5) is 13.2 Å². The van der Waals surface area contributed by atoms with E-state index in [1.165, 1.54) is 17.2 Å². The molecule has 0 nitrogen and oxygen atoms in total. The third-order valence-electron chi connectivity index (χ3n) is 5.77. The van der Waals surface area contributed by atoms with Crippen molar-refractivity contribution in [3.05, 3.63) is 105 Å². The van der Waals surface area contributed by atoms with Crippen molar-refractivity contribution >= 4 is 0 Å². The van der Waals surface area contributed by atoms with Crippen LogP contribution < -0.4 is 0 Å². The van der Waals surface area contributed by atoms with Gasteiger partial charge >= 0.3 is 0 Å². The first-order valence-corrected chi connectivity index (χ1v) is 10.4. The van der Waals surface area contributed by atoms with Crippen LogP contribution in [0, 0.1) is 29.3 Å². The Kier molecular flexibility index (Phi) is 5.95. The van der Waals surface area contributed by atoms with Gasteiger partial charge in [-0.3, -0.25) is 0 Å². The fourth-order valence-corrected chi connectivity index (χ4v) is 4.12. The molecule has 1 aliphatic rings. The molecule has 1 atom stereocenters. The molecule has 3 aromatic rings. The number of halogens is 3. The molecule has 1 aliphatic carbocycles. The summed E-state index contributed by atoms with van der Waals surface area (Å²) in [4.78, 5) is 0. The SMILES string of the molecule is CCCc1ccc(C2CCc3cc(C#Cc4ccc(F)c(F)c4)c(F)cc3C2)cc1. The Labute approximate surface area is 175 Å². The average molecular weight is 404 g/mol. The molecule has 0 N–H and O–H groups in total. The summed E-state index contributed by atoms with van der Waals surface area (Å²) in [5.74, 6) is 3.65. The monoisotopic (exact) mass is 404 g/mol. The van der Waals surface area contributed by atoms with E-state index in [-0.39, 0.29) is 5.82 Å². The van der Waals surface area contributed by atoms with Gasteiger partial charge in [0, 0.05) is 5.56 Å². The predicted octanol–water partition coefficient (Wildman–Crippen LogP) is 6.73. The molecule has 152 valence electrons. The largest absolute Gasteiger partial charge is 0.206 e. The third kappa shape index (κ3) is 4.44. The molecule has 0 aliphatic heterocycles. The summed E-state index contributed by atoms with van der Waals surface area (Å²) in [5.41, 5.74) is 5.42. The molecule has 0 heterocycles. The van der Waals surface area contributed by atoms with Crippen molar-refractivity contribution in [1.29, 1.82) is 0 Å². The minimum Gasteiger partial charge on any atom is -0.206 e. The summed E-state index contributed by atoms with van der Waals surface area (Å²) in [6.45, 7) is 2.18. The average Bonchev–Trinajstić information content (AvgIpc) is 2.75. The van der Waals surface area contributed by atoms with Crippen molar-refractivity contribution in [1.82, 2.24) is 0 Å². The number of fused-ring (bicyclic) bond motifs is 1. The second-order valence-electron chi connectivity index (χ2n) is 7.91. The highest BCUT2D eigenvalue weighted by molar-refractivity contribution is 5.48. The summed E-state index contributed by atoms with van der Waals surface area (Å²) in [5, 5.41) is 0. The van der Waals surface area contributed by atoms with E-state index in [0.29, 0.717) is 17.0 Å². The van der Waals surface area contributed by atoms with Crippen molar-refractivity contribution in [2.45, 2.75) is 44.9 Å². The molecule has 0 spiro atoms. The lowest BCUT2D eigenvalue weighted by Crippen LogP contribution is -2.13. The number of rotatable bonds is 3. The molecule has 4 rings (SSSR count). The van der Waals surface area contributed by atoms with E-state index in [4.69, 9.17) is 0 Å². The highest BCUT2D eigenvalue weighted by atomic mass is 19.2. The number of hydrogen-bond donors (Lipinski definition) is 0. The topological polar surface area (TPSA) is 0 Å². The molecule has 30 heavy (non-hydrogen) atoms. The maximum Gasteiger partial charge on any atom is 0.160 e. The Bertz CT molecular complexity index is 1120. The Balaban J connectivity index is 1.54. The molecule has 3 heteroatoms. The normalized spacial score (nSPS) is 15.3. The molecule has 0 amide bonds. The quantitative estimate of drug-likeness (QED) is 0.425. The molecular weight excluding hydrogens is 381 g/mol. The van der Waals surface area contributed by atoms with Crippen LogP contribution in [0.15, 0.2) is 54.6 Å². The fraction of sp³-hybridized carbons (Fsp3) is 0.259. The Morgan fingerprint density at radius 1 is 0.833 bits per heavy atom. The predicted molar refractivity (Wildman–Crippen MR) is 114 cm³/mol. The van der Waals surface area contributed by atoms with Gasteiger partial charge in [-0.1, -0.05) is 49.5 Å². The van der Waals surface area contributed by atoms with Gasteiger partial charge in [0.2, 0.25) is 0 Å². The molecule has 0 fully saturated rings. The molecule has 0 radical (unpaired) electrons. The molecule has 3 aromatic carbocycles. The Morgan fingerprint density at radius 3 is 2.37 bits per heavy atom. The van der Waals surface area contributed by atoms with E-state index in [9.17, 15) is 13.2 Å². The fourth-order valence-electron chi connectivity index (χ4n) is 4.12. The van der Waals surface area contributed by atoms with Crippen LogP contribution >= 0.6 is 0 Å². The van der Waals surface area contributed by atoms with Crippen molar-refractivity contribution in [2.75, 3.05) is 0 Å². The lowest BCUT2D eigenvalue weighted by atomic mass is 9.79. The first kappa shape index (κ1) is 20.3. The lowest BCUT2D eigenvalue weighted by molar-refractivity contribution is 0.508. The number of benzene rings is 3. The van der Waals surface area contributed by atoms with Crippen LogP contribution in [0.2, 0.25) is 0 Å². The van der Waals surface area contributed by atoms with E-state index in [2.05, 4.69) is 43.0 Å². The Hall–Kier alpha value is -2.99. The second-order valence-corrected chi connectivity index (χ2v) is 7.91.